The molecule has 1 saturated heterocycles. The number of amides is 3. The lowest BCUT2D eigenvalue weighted by molar-refractivity contribution is -0.274. The number of carbonyl (C=O) groups is 2. The number of carbonyl (C=O) groups excluding carboxylic acids is 2. The maximum Gasteiger partial charge on any atom is 0.573 e. The van der Waals surface area contributed by atoms with Gasteiger partial charge >= 0.3 is 12.4 Å². The number of nitrogens with two attached hydrogens (primary N) is 1. The van der Waals surface area contributed by atoms with Crippen molar-refractivity contribution < 1.29 is 31.9 Å². The van der Waals surface area contributed by atoms with E-state index in [0.717, 1.165) is 17.7 Å². The Morgan fingerprint density at radius 1 is 1.12 bits per heavy atom. The summed E-state index contributed by atoms with van der Waals surface area (Å²) in [5.41, 5.74) is 6.12. The number of alkyl halides is 3. The second-order valence-corrected chi connectivity index (χ2v) is 7.88. The Morgan fingerprint density at radius 2 is 1.76 bits per heavy atom. The molecular formula is C22H21ClF4N4O3. The van der Waals surface area contributed by atoms with Gasteiger partial charge in [-0.15, -0.1) is 13.2 Å². The fourth-order valence-electron chi connectivity index (χ4n) is 3.39. The zero-order valence-corrected chi connectivity index (χ0v) is 18.5. The van der Waals surface area contributed by atoms with Gasteiger partial charge in [-0.25, -0.2) is 9.18 Å². The van der Waals surface area contributed by atoms with Gasteiger partial charge in [0.15, 0.2) is 0 Å². The van der Waals surface area contributed by atoms with E-state index in [0.29, 0.717) is 32.7 Å². The summed E-state index contributed by atoms with van der Waals surface area (Å²) in [5, 5.41) is 1.85. The van der Waals surface area contributed by atoms with E-state index in [4.69, 9.17) is 17.3 Å². The minimum atomic E-state index is -4.98. The molecule has 0 spiro atoms. The Hall–Kier alpha value is -3.31. The molecule has 1 fully saturated rings. The zero-order chi connectivity index (χ0) is 24.9. The summed E-state index contributed by atoms with van der Waals surface area (Å²) in [6.07, 6.45) is -2.55. The maximum absolute atomic E-state index is 13.0. The first kappa shape index (κ1) is 25.3. The van der Waals surface area contributed by atoms with Crippen LogP contribution in [-0.4, -0.2) is 54.3 Å². The summed E-state index contributed by atoms with van der Waals surface area (Å²) in [5.74, 6) is -1.36. The number of hydrogen-bond acceptors (Lipinski definition) is 4. The fraction of sp³-hybridized carbons (Fsp3) is 0.273. The van der Waals surface area contributed by atoms with Gasteiger partial charge in [-0.2, -0.15) is 0 Å². The smallest absolute Gasteiger partial charge is 0.404 e. The van der Waals surface area contributed by atoms with Gasteiger partial charge in [0.05, 0.1) is 10.7 Å². The zero-order valence-electron chi connectivity index (χ0n) is 17.7. The molecule has 1 aliphatic heterocycles. The number of halogens is 5. The van der Waals surface area contributed by atoms with Crippen LogP contribution in [0.25, 0.3) is 6.08 Å². The van der Waals surface area contributed by atoms with E-state index >= 15 is 0 Å². The number of urea groups is 1. The van der Waals surface area contributed by atoms with E-state index in [1.54, 1.807) is 17.0 Å². The van der Waals surface area contributed by atoms with Crippen molar-refractivity contribution in [1.82, 2.24) is 9.80 Å². The number of piperazine rings is 1. The minimum absolute atomic E-state index is 0.0141. The van der Waals surface area contributed by atoms with Gasteiger partial charge in [-0.1, -0.05) is 23.7 Å². The highest BCUT2D eigenvalue weighted by molar-refractivity contribution is 6.32. The van der Waals surface area contributed by atoms with Crippen molar-refractivity contribution in [2.45, 2.75) is 12.9 Å². The molecule has 3 rings (SSSR count). The van der Waals surface area contributed by atoms with Gasteiger partial charge in [0, 0.05) is 44.4 Å². The molecule has 0 atom stereocenters. The van der Waals surface area contributed by atoms with Crippen molar-refractivity contribution >= 4 is 35.3 Å². The normalized spacial score (nSPS) is 14.9. The summed E-state index contributed by atoms with van der Waals surface area (Å²) in [4.78, 5) is 27.6. The molecule has 0 saturated carbocycles. The number of anilines is 1. The van der Waals surface area contributed by atoms with Crippen LogP contribution in [0, 0.1) is 5.82 Å². The van der Waals surface area contributed by atoms with Crippen LogP contribution in [0.1, 0.15) is 11.1 Å². The molecule has 0 radical (unpaired) electrons. The molecule has 0 bridgehead atoms. The van der Waals surface area contributed by atoms with E-state index in [1.165, 1.54) is 24.3 Å². The molecule has 182 valence electrons. The summed E-state index contributed by atoms with van der Waals surface area (Å²) in [6, 6.07) is 7.23. The number of ether oxygens (including phenoxy) is 1. The number of nitrogens with zero attached hydrogens (tertiary/aromatic N) is 2. The lowest BCUT2D eigenvalue weighted by Crippen LogP contribution is -2.47. The first-order chi connectivity index (χ1) is 16.0. The summed E-state index contributed by atoms with van der Waals surface area (Å²) in [6.45, 7) is 2.67. The third-order valence-electron chi connectivity index (χ3n) is 5.00. The van der Waals surface area contributed by atoms with Crippen LogP contribution < -0.4 is 15.8 Å². The third kappa shape index (κ3) is 7.35. The van der Waals surface area contributed by atoms with Crippen LogP contribution in [0.3, 0.4) is 0 Å². The van der Waals surface area contributed by atoms with Gasteiger partial charge in [0.25, 0.3) is 0 Å². The van der Waals surface area contributed by atoms with E-state index in [9.17, 15) is 27.2 Å². The summed E-state index contributed by atoms with van der Waals surface area (Å²) >= 11 is 5.82. The van der Waals surface area contributed by atoms with Crippen molar-refractivity contribution in [3.05, 3.63) is 64.4 Å². The molecule has 0 unspecified atom stereocenters. The number of rotatable bonds is 6. The van der Waals surface area contributed by atoms with Crippen LogP contribution in [0.5, 0.6) is 5.75 Å². The Balaban J connectivity index is 1.66. The number of primary amides is 1. The number of nitrogens with one attached hydrogen (secondary N) is 1. The van der Waals surface area contributed by atoms with Crippen LogP contribution in [0.2, 0.25) is 5.02 Å². The van der Waals surface area contributed by atoms with Gasteiger partial charge in [0.1, 0.15) is 11.6 Å². The van der Waals surface area contributed by atoms with Gasteiger partial charge in [0.2, 0.25) is 5.91 Å². The molecule has 1 aliphatic rings. The van der Waals surface area contributed by atoms with E-state index < -0.39 is 23.2 Å². The molecule has 2 aromatic carbocycles. The highest BCUT2D eigenvalue weighted by Crippen LogP contribution is 2.35. The molecule has 12 heteroatoms. The minimum Gasteiger partial charge on any atom is -0.404 e. The Bertz CT molecular complexity index is 1070. The lowest BCUT2D eigenvalue weighted by Gasteiger charge is -2.34. The first-order valence-corrected chi connectivity index (χ1v) is 10.5. The second-order valence-electron chi connectivity index (χ2n) is 7.47. The summed E-state index contributed by atoms with van der Waals surface area (Å²) in [7, 11) is 0. The first-order valence-electron chi connectivity index (χ1n) is 10.1. The Kier molecular flexibility index (Phi) is 8.00. The molecule has 3 N–H and O–H groups in total. The third-order valence-corrected chi connectivity index (χ3v) is 5.29. The maximum atomic E-state index is 13.0. The van der Waals surface area contributed by atoms with Crippen LogP contribution in [-0.2, 0) is 11.3 Å². The van der Waals surface area contributed by atoms with E-state index in [1.807, 2.05) is 0 Å². The van der Waals surface area contributed by atoms with Crippen molar-refractivity contribution in [3.63, 3.8) is 0 Å². The molecule has 34 heavy (non-hydrogen) atoms. The molecule has 3 amide bonds. The molecular weight excluding hydrogens is 480 g/mol. The highest BCUT2D eigenvalue weighted by atomic mass is 35.5. The van der Waals surface area contributed by atoms with Crippen LogP contribution in [0.15, 0.2) is 42.5 Å². The predicted octanol–water partition coefficient (Wildman–Crippen LogP) is 4.23. The average Bonchev–Trinajstić information content (AvgIpc) is 2.75. The molecule has 0 aliphatic carbocycles. The standard InChI is InChI=1S/C22H21ClF4N4O3/c23-17-12-18(29-21(28)33)15(11-19(17)34-22(25,26)27)3-6-20(32)31-9-7-30(8-10-31)13-14-1-4-16(24)5-2-14/h1-6,11-12H,7-10,13H2,(H3,28,29,33)/b6-3+. The largest absolute Gasteiger partial charge is 0.573 e. The topological polar surface area (TPSA) is 87.9 Å². The fourth-order valence-corrected chi connectivity index (χ4v) is 3.59. The molecule has 0 aromatic heterocycles. The number of hydrogen-bond donors (Lipinski definition) is 2. The quantitative estimate of drug-likeness (QED) is 0.459. The second kappa shape index (κ2) is 10.7. The van der Waals surface area contributed by atoms with Gasteiger partial charge in [-0.3, -0.25) is 9.69 Å². The van der Waals surface area contributed by atoms with Gasteiger partial charge < -0.3 is 20.7 Å². The lowest BCUT2D eigenvalue weighted by atomic mass is 10.1. The average molecular weight is 501 g/mol. The highest BCUT2D eigenvalue weighted by Gasteiger charge is 2.32. The van der Waals surface area contributed by atoms with Crippen LogP contribution in [0.4, 0.5) is 28.0 Å². The SMILES string of the molecule is NC(=O)Nc1cc(Cl)c(OC(F)(F)F)cc1/C=C/C(=O)N1CCN(Cc2ccc(F)cc2)CC1. The van der Waals surface area contributed by atoms with Crippen molar-refractivity contribution in [3.8, 4) is 5.75 Å². The molecule has 2 aromatic rings. The Morgan fingerprint density at radius 3 is 2.35 bits per heavy atom. The van der Waals surface area contributed by atoms with E-state index in [-0.39, 0.29) is 23.0 Å². The number of benzene rings is 2. The van der Waals surface area contributed by atoms with E-state index in [2.05, 4.69) is 15.0 Å². The van der Waals surface area contributed by atoms with Crippen molar-refractivity contribution in [2.75, 3.05) is 31.5 Å². The molecule has 1 heterocycles. The van der Waals surface area contributed by atoms with Crippen LogP contribution >= 0.6 is 11.6 Å². The molecule has 7 nitrogen and oxygen atoms in total. The van der Waals surface area contributed by atoms with Crippen molar-refractivity contribution in [2.24, 2.45) is 5.73 Å². The summed E-state index contributed by atoms with van der Waals surface area (Å²) < 4.78 is 54.9. The Labute approximate surface area is 197 Å². The predicted molar refractivity (Wildman–Crippen MR) is 119 cm³/mol. The monoisotopic (exact) mass is 500 g/mol. The van der Waals surface area contributed by atoms with Crippen molar-refractivity contribution in [1.29, 1.82) is 0 Å². The van der Waals surface area contributed by atoms with Gasteiger partial charge in [-0.05, 0) is 35.9 Å².